The van der Waals surface area contributed by atoms with Crippen molar-refractivity contribution in [3.8, 4) is 0 Å². The maximum atomic E-state index is 11.9. The van der Waals surface area contributed by atoms with Crippen molar-refractivity contribution in [2.24, 2.45) is 0 Å². The Morgan fingerprint density at radius 1 is 0.667 bits per heavy atom. The lowest BCUT2D eigenvalue weighted by atomic mass is 9.72. The third-order valence-electron chi connectivity index (χ3n) is 5.64. The molecule has 0 aromatic heterocycles. The highest BCUT2D eigenvalue weighted by molar-refractivity contribution is 5.90. The molecule has 2 nitrogen and oxygen atoms in total. The standard InChI is InChI=1S/C25H26O2/c1-24(2,18-11-7-5-8-12-18)20-15-16-21(23(26)27)22(17-20)25(3,4)19-13-9-6-10-14-19/h5-17H,1-4H3,(H,26,27). The van der Waals surface area contributed by atoms with Gasteiger partial charge >= 0.3 is 5.97 Å². The zero-order valence-corrected chi connectivity index (χ0v) is 16.4. The average molecular weight is 358 g/mol. The topological polar surface area (TPSA) is 37.3 Å². The van der Waals surface area contributed by atoms with Crippen LogP contribution in [0.3, 0.4) is 0 Å². The monoisotopic (exact) mass is 358 g/mol. The van der Waals surface area contributed by atoms with Crippen molar-refractivity contribution in [3.63, 3.8) is 0 Å². The number of carboxylic acid groups (broad SMARTS) is 1. The van der Waals surface area contributed by atoms with Crippen molar-refractivity contribution in [2.75, 3.05) is 0 Å². The fraction of sp³-hybridized carbons (Fsp3) is 0.240. The van der Waals surface area contributed by atoms with E-state index in [9.17, 15) is 9.90 Å². The molecule has 0 heterocycles. The minimum atomic E-state index is -0.891. The average Bonchev–Trinajstić information content (AvgIpc) is 2.68. The highest BCUT2D eigenvalue weighted by atomic mass is 16.4. The van der Waals surface area contributed by atoms with Crippen LogP contribution in [0.4, 0.5) is 0 Å². The van der Waals surface area contributed by atoms with Crippen molar-refractivity contribution in [2.45, 2.75) is 38.5 Å². The quantitative estimate of drug-likeness (QED) is 0.604. The molecule has 0 spiro atoms. The van der Waals surface area contributed by atoms with Gasteiger partial charge in [-0.15, -0.1) is 0 Å². The smallest absolute Gasteiger partial charge is 0.335 e. The molecule has 0 aliphatic carbocycles. The first kappa shape index (κ1) is 18.9. The Hall–Kier alpha value is -2.87. The highest BCUT2D eigenvalue weighted by Crippen LogP contribution is 2.38. The molecule has 0 aliphatic heterocycles. The second-order valence-electron chi connectivity index (χ2n) is 8.05. The van der Waals surface area contributed by atoms with E-state index < -0.39 is 11.4 Å². The molecule has 0 unspecified atom stereocenters. The van der Waals surface area contributed by atoms with Crippen molar-refractivity contribution >= 4 is 5.97 Å². The van der Waals surface area contributed by atoms with E-state index >= 15 is 0 Å². The number of hydrogen-bond acceptors (Lipinski definition) is 1. The molecule has 0 radical (unpaired) electrons. The van der Waals surface area contributed by atoms with Crippen LogP contribution in [0.1, 0.15) is 60.3 Å². The highest BCUT2D eigenvalue weighted by Gasteiger charge is 2.31. The van der Waals surface area contributed by atoms with Crippen LogP contribution < -0.4 is 0 Å². The summed E-state index contributed by atoms with van der Waals surface area (Å²) >= 11 is 0. The third kappa shape index (κ3) is 3.52. The van der Waals surface area contributed by atoms with Gasteiger partial charge in [-0.25, -0.2) is 4.79 Å². The molecule has 0 aliphatic rings. The van der Waals surface area contributed by atoms with Gasteiger partial charge < -0.3 is 5.11 Å². The summed E-state index contributed by atoms with van der Waals surface area (Å²) in [6, 6.07) is 26.2. The minimum absolute atomic E-state index is 0.222. The van der Waals surface area contributed by atoms with Crippen LogP contribution in [0.25, 0.3) is 0 Å². The summed E-state index contributed by atoms with van der Waals surface area (Å²) in [7, 11) is 0. The molecule has 27 heavy (non-hydrogen) atoms. The van der Waals surface area contributed by atoms with Crippen LogP contribution in [-0.4, -0.2) is 11.1 Å². The van der Waals surface area contributed by atoms with Crippen molar-refractivity contribution in [1.29, 1.82) is 0 Å². The molecular formula is C25H26O2. The van der Waals surface area contributed by atoms with Gasteiger partial charge in [0.25, 0.3) is 0 Å². The molecule has 2 heteroatoms. The van der Waals surface area contributed by atoms with E-state index in [4.69, 9.17) is 0 Å². The van der Waals surface area contributed by atoms with Crippen LogP contribution in [0, 0.1) is 0 Å². The van der Waals surface area contributed by atoms with E-state index in [0.717, 1.165) is 16.7 Å². The van der Waals surface area contributed by atoms with E-state index in [2.05, 4.69) is 58.0 Å². The van der Waals surface area contributed by atoms with Crippen LogP contribution in [0.15, 0.2) is 78.9 Å². The van der Waals surface area contributed by atoms with Gasteiger partial charge in [-0.3, -0.25) is 0 Å². The molecule has 0 saturated heterocycles. The zero-order valence-electron chi connectivity index (χ0n) is 16.4. The number of carbonyl (C=O) groups is 1. The van der Waals surface area contributed by atoms with E-state index in [-0.39, 0.29) is 5.41 Å². The van der Waals surface area contributed by atoms with Crippen LogP contribution in [0.5, 0.6) is 0 Å². The van der Waals surface area contributed by atoms with Gasteiger partial charge in [0.1, 0.15) is 0 Å². The molecule has 3 aromatic carbocycles. The van der Waals surface area contributed by atoms with Crippen molar-refractivity contribution in [1.82, 2.24) is 0 Å². The maximum absolute atomic E-state index is 11.9. The van der Waals surface area contributed by atoms with Gasteiger partial charge in [-0.05, 0) is 28.3 Å². The molecule has 1 N–H and O–H groups in total. The molecule has 0 atom stereocenters. The van der Waals surface area contributed by atoms with Crippen LogP contribution >= 0.6 is 0 Å². The summed E-state index contributed by atoms with van der Waals surface area (Å²) in [5.41, 5.74) is 3.97. The number of carboxylic acids is 1. The Kier molecular flexibility index (Phi) is 4.93. The van der Waals surface area contributed by atoms with Gasteiger partial charge in [0, 0.05) is 10.8 Å². The summed E-state index contributed by atoms with van der Waals surface area (Å²) in [4.78, 5) is 11.9. The summed E-state index contributed by atoms with van der Waals surface area (Å²) in [6.07, 6.45) is 0. The van der Waals surface area contributed by atoms with E-state index in [0.29, 0.717) is 5.56 Å². The molecule has 3 aromatic rings. The zero-order chi connectivity index (χ0) is 19.7. The van der Waals surface area contributed by atoms with Gasteiger partial charge in [-0.2, -0.15) is 0 Å². The first-order chi connectivity index (χ1) is 12.7. The Morgan fingerprint density at radius 2 is 1.15 bits per heavy atom. The first-order valence-corrected chi connectivity index (χ1v) is 9.24. The van der Waals surface area contributed by atoms with Crippen LogP contribution in [0.2, 0.25) is 0 Å². The Labute approximate surface area is 161 Å². The van der Waals surface area contributed by atoms with E-state index in [1.807, 2.05) is 42.5 Å². The second-order valence-corrected chi connectivity index (χ2v) is 8.05. The van der Waals surface area contributed by atoms with Gasteiger partial charge in [0.15, 0.2) is 0 Å². The fourth-order valence-electron chi connectivity index (χ4n) is 3.67. The summed E-state index contributed by atoms with van der Waals surface area (Å²) in [5.74, 6) is -0.891. The van der Waals surface area contributed by atoms with Gasteiger partial charge in [0.05, 0.1) is 5.56 Å². The summed E-state index contributed by atoms with van der Waals surface area (Å²) < 4.78 is 0. The Morgan fingerprint density at radius 3 is 1.63 bits per heavy atom. The molecular weight excluding hydrogens is 332 g/mol. The second kappa shape index (κ2) is 7.03. The minimum Gasteiger partial charge on any atom is -0.478 e. The normalized spacial score (nSPS) is 12.0. The first-order valence-electron chi connectivity index (χ1n) is 9.24. The lowest BCUT2D eigenvalue weighted by Crippen LogP contribution is -2.25. The fourth-order valence-corrected chi connectivity index (χ4v) is 3.67. The third-order valence-corrected chi connectivity index (χ3v) is 5.64. The molecule has 0 amide bonds. The van der Waals surface area contributed by atoms with Crippen molar-refractivity contribution in [3.05, 3.63) is 107 Å². The molecule has 0 saturated carbocycles. The number of benzene rings is 3. The predicted molar refractivity (Wildman–Crippen MR) is 111 cm³/mol. The van der Waals surface area contributed by atoms with E-state index in [1.165, 1.54) is 5.56 Å². The lowest BCUT2D eigenvalue weighted by Gasteiger charge is -2.32. The maximum Gasteiger partial charge on any atom is 0.335 e. The number of rotatable bonds is 5. The van der Waals surface area contributed by atoms with Crippen LogP contribution in [-0.2, 0) is 10.8 Å². The summed E-state index contributed by atoms with van der Waals surface area (Å²) in [6.45, 7) is 8.53. The number of aromatic carboxylic acids is 1. The molecule has 0 fully saturated rings. The Bertz CT molecular complexity index is 939. The SMILES string of the molecule is CC(C)(c1ccccc1)c1ccc(C(=O)O)c(C(C)(C)c2ccccc2)c1. The predicted octanol–water partition coefficient (Wildman–Crippen LogP) is 6.04. The van der Waals surface area contributed by atoms with Crippen molar-refractivity contribution < 1.29 is 9.90 Å². The molecule has 3 rings (SSSR count). The summed E-state index contributed by atoms with van der Waals surface area (Å²) in [5, 5.41) is 9.79. The van der Waals surface area contributed by atoms with Gasteiger partial charge in [-0.1, -0.05) is 100 Å². The number of hydrogen-bond donors (Lipinski definition) is 1. The largest absolute Gasteiger partial charge is 0.478 e. The molecule has 138 valence electrons. The van der Waals surface area contributed by atoms with E-state index in [1.54, 1.807) is 6.07 Å². The van der Waals surface area contributed by atoms with Gasteiger partial charge in [0.2, 0.25) is 0 Å². The Balaban J connectivity index is 2.19. The molecule has 0 bridgehead atoms. The lowest BCUT2D eigenvalue weighted by molar-refractivity contribution is 0.0694.